The van der Waals surface area contributed by atoms with Crippen LogP contribution in [-0.2, 0) is 13.1 Å². The fraction of sp³-hybridized carbons (Fsp3) is 0.222. The van der Waals surface area contributed by atoms with E-state index in [4.69, 9.17) is 21.2 Å². The van der Waals surface area contributed by atoms with E-state index in [1.807, 2.05) is 0 Å². The zero-order chi connectivity index (χ0) is 22.8. The highest BCUT2D eigenvalue weighted by atomic mass is 32.1. The standard InChI is InChI=1S/C16H18N4O4.2CNS/c21-15(11-19-5-1-13(2-6-19)9-17-23)16(22)12-20-7-3-14(4-8-20)10-18-24;2*2-1-3/h1-10,15-16,21-22H,11-12H2;;/q;2*-1/p+2. The molecule has 158 valence electrons. The molecule has 0 saturated carbocycles. The maximum Gasteiger partial charge on any atom is 0.176 e. The van der Waals surface area contributed by atoms with E-state index in [2.05, 4.69) is 34.7 Å². The quantitative estimate of drug-likeness (QED) is 0.160. The van der Waals surface area contributed by atoms with Crippen molar-refractivity contribution in [2.75, 3.05) is 0 Å². The number of nitrogens with zero attached hydrogens (tertiary/aromatic N) is 6. The first-order valence-corrected chi connectivity index (χ1v) is 8.99. The topological polar surface area (TPSA) is 158 Å². The van der Waals surface area contributed by atoms with Crippen molar-refractivity contribution in [1.82, 2.24) is 0 Å². The molecule has 0 radical (unpaired) electrons. The van der Waals surface area contributed by atoms with Gasteiger partial charge in [0.15, 0.2) is 37.9 Å². The molecule has 0 bridgehead atoms. The van der Waals surface area contributed by atoms with E-state index in [0.717, 1.165) is 11.1 Å². The molecule has 0 saturated heterocycles. The Morgan fingerprint density at radius 2 is 1.07 bits per heavy atom. The number of hydrogen-bond acceptors (Lipinski definition) is 8. The molecular weight excluding hydrogens is 428 g/mol. The van der Waals surface area contributed by atoms with E-state index in [0.29, 0.717) is 0 Å². The number of aliphatic hydroxyl groups excluding tert-OH is 2. The first-order valence-electron chi connectivity index (χ1n) is 8.17. The van der Waals surface area contributed by atoms with E-state index in [-0.39, 0.29) is 13.1 Å². The third-order valence-electron chi connectivity index (χ3n) is 3.49. The molecule has 0 fully saturated rings. The van der Waals surface area contributed by atoms with Crippen molar-refractivity contribution in [3.63, 3.8) is 0 Å². The maximum absolute atomic E-state index is 10.1. The molecule has 2 atom stereocenters. The molecule has 0 spiro atoms. The minimum atomic E-state index is -0.946. The lowest BCUT2D eigenvalue weighted by Gasteiger charge is -2.12. The number of aromatic nitrogens is 2. The molecule has 2 heterocycles. The number of aliphatic hydroxyl groups is 2. The predicted octanol–water partition coefficient (Wildman–Crippen LogP) is 0.617. The summed E-state index contributed by atoms with van der Waals surface area (Å²) in [6.45, 7) is 0.459. The Hall–Kier alpha value is -3.24. The molecular formula is C18H20N6O4S2. The summed E-state index contributed by atoms with van der Waals surface area (Å²) in [6.07, 6.45) is 7.62. The lowest BCUT2D eigenvalue weighted by molar-refractivity contribution is -0.719. The molecule has 2 unspecified atom stereocenters. The number of rotatable bonds is 7. The molecule has 0 aliphatic heterocycles. The Bertz CT molecular complexity index is 790. The highest BCUT2D eigenvalue weighted by Gasteiger charge is 2.24. The second-order valence-corrected chi connectivity index (χ2v) is 5.83. The van der Waals surface area contributed by atoms with Crippen molar-refractivity contribution in [1.29, 1.82) is 0 Å². The molecule has 0 aromatic carbocycles. The zero-order valence-electron chi connectivity index (χ0n) is 15.6. The van der Waals surface area contributed by atoms with Crippen molar-refractivity contribution < 1.29 is 29.8 Å². The summed E-state index contributed by atoms with van der Waals surface area (Å²) in [6, 6.07) is 6.92. The van der Waals surface area contributed by atoms with Gasteiger partial charge in [-0.3, -0.25) is 0 Å². The van der Waals surface area contributed by atoms with Crippen molar-refractivity contribution >= 4 is 47.2 Å². The monoisotopic (exact) mass is 448 g/mol. The Morgan fingerprint density at radius 3 is 1.30 bits per heavy atom. The summed E-state index contributed by atoms with van der Waals surface area (Å²) in [5.41, 5.74) is 1.46. The van der Waals surface area contributed by atoms with Crippen LogP contribution in [0.25, 0.3) is 10.8 Å². The minimum Gasteiger partial charge on any atom is -0.753 e. The fourth-order valence-electron chi connectivity index (χ4n) is 2.16. The second kappa shape index (κ2) is 16.7. The van der Waals surface area contributed by atoms with E-state index >= 15 is 0 Å². The summed E-state index contributed by atoms with van der Waals surface area (Å²) in [5.74, 6) is 0. The van der Waals surface area contributed by atoms with E-state index in [9.17, 15) is 10.2 Å². The van der Waals surface area contributed by atoms with Crippen LogP contribution < -0.4 is 9.13 Å². The molecule has 4 N–H and O–H groups in total. The van der Waals surface area contributed by atoms with Crippen LogP contribution in [0.15, 0.2) is 59.4 Å². The lowest BCUT2D eigenvalue weighted by atomic mass is 10.2. The molecule has 2 aromatic heterocycles. The van der Waals surface area contributed by atoms with Gasteiger partial charge in [-0.2, -0.15) is 10.3 Å². The Balaban J connectivity index is 0.00000125. The van der Waals surface area contributed by atoms with Crippen molar-refractivity contribution in [3.8, 4) is 0 Å². The van der Waals surface area contributed by atoms with Crippen LogP contribution in [0.3, 0.4) is 0 Å². The van der Waals surface area contributed by atoms with Crippen LogP contribution >= 0.6 is 24.4 Å². The van der Waals surface area contributed by atoms with Gasteiger partial charge in [-0.1, -0.05) is 34.7 Å². The third-order valence-corrected chi connectivity index (χ3v) is 3.49. The van der Waals surface area contributed by atoms with Gasteiger partial charge < -0.3 is 31.4 Å². The lowest BCUT2D eigenvalue weighted by Crippen LogP contribution is -2.49. The summed E-state index contributed by atoms with van der Waals surface area (Å²) < 4.78 is 3.46. The van der Waals surface area contributed by atoms with E-state index in [1.165, 1.54) is 22.8 Å². The van der Waals surface area contributed by atoms with Gasteiger partial charge in [0.25, 0.3) is 0 Å². The van der Waals surface area contributed by atoms with Crippen LogP contribution in [-0.4, -0.2) is 55.6 Å². The molecule has 2 rings (SSSR count). The Morgan fingerprint density at radius 1 is 0.800 bits per heavy atom. The van der Waals surface area contributed by atoms with Gasteiger partial charge in [0, 0.05) is 35.4 Å². The molecule has 2 aromatic rings. The number of pyridine rings is 2. The summed E-state index contributed by atoms with van der Waals surface area (Å²) in [5, 5.41) is 60.0. The van der Waals surface area contributed by atoms with Crippen LogP contribution in [0.4, 0.5) is 0 Å². The van der Waals surface area contributed by atoms with Crippen LogP contribution in [0.1, 0.15) is 11.1 Å². The van der Waals surface area contributed by atoms with Gasteiger partial charge in [-0.15, -0.1) is 0 Å². The largest absolute Gasteiger partial charge is 0.753 e. The molecule has 0 amide bonds. The Labute approximate surface area is 183 Å². The van der Waals surface area contributed by atoms with Gasteiger partial charge in [0.1, 0.15) is 12.2 Å². The molecule has 10 nitrogen and oxygen atoms in total. The predicted molar refractivity (Wildman–Crippen MR) is 116 cm³/mol. The minimum absolute atomic E-state index is 0.230. The van der Waals surface area contributed by atoms with E-state index < -0.39 is 12.2 Å². The average Bonchev–Trinajstić information content (AvgIpc) is 2.72. The normalized spacial score (nSPS) is 11.9. The smallest absolute Gasteiger partial charge is 0.176 e. The highest BCUT2D eigenvalue weighted by Crippen LogP contribution is 1.97. The molecule has 12 heteroatoms. The first-order chi connectivity index (χ1) is 14.4. The summed E-state index contributed by atoms with van der Waals surface area (Å²) >= 11 is 7.40. The zero-order valence-corrected chi connectivity index (χ0v) is 17.3. The number of hydrogen-bond donors (Lipinski definition) is 4. The number of oxime groups is 2. The maximum atomic E-state index is 10.1. The van der Waals surface area contributed by atoms with Crippen LogP contribution in [0, 0.1) is 0 Å². The van der Waals surface area contributed by atoms with Gasteiger partial charge >= 0.3 is 0 Å². The van der Waals surface area contributed by atoms with E-state index in [1.54, 1.807) is 58.2 Å². The van der Waals surface area contributed by atoms with Crippen LogP contribution in [0.5, 0.6) is 0 Å². The van der Waals surface area contributed by atoms with Crippen molar-refractivity contribution in [2.24, 2.45) is 10.3 Å². The first kappa shape index (κ1) is 26.8. The molecule has 30 heavy (non-hydrogen) atoms. The highest BCUT2D eigenvalue weighted by molar-refractivity contribution is 7.78. The third kappa shape index (κ3) is 11.6. The van der Waals surface area contributed by atoms with Gasteiger partial charge in [0.2, 0.25) is 0 Å². The second-order valence-electron chi connectivity index (χ2n) is 5.46. The SMILES string of the molecule is O/N=C\c1cc[n+](CC(O)C(O)C[n+]2ccc(/C=N\O)cc2)cc1.[N-]=C=S.[N-]=C=S. The summed E-state index contributed by atoms with van der Waals surface area (Å²) in [4.78, 5) is 0. The number of thiocarbonyl (C=S) groups is 2. The molecule has 0 aliphatic carbocycles. The van der Waals surface area contributed by atoms with Crippen LogP contribution in [0.2, 0.25) is 0 Å². The van der Waals surface area contributed by atoms with Crippen molar-refractivity contribution in [2.45, 2.75) is 25.3 Å². The fourth-order valence-corrected chi connectivity index (χ4v) is 2.16. The Kier molecular flexibility index (Phi) is 14.9. The van der Waals surface area contributed by atoms with Gasteiger partial charge in [-0.05, 0) is 0 Å². The van der Waals surface area contributed by atoms with Gasteiger partial charge in [0.05, 0.1) is 12.4 Å². The summed E-state index contributed by atoms with van der Waals surface area (Å²) in [7, 11) is 0. The molecule has 0 aliphatic rings. The average molecular weight is 449 g/mol. The number of isothiocyanates is 2. The van der Waals surface area contributed by atoms with Crippen molar-refractivity contribution in [3.05, 3.63) is 71.0 Å². The van der Waals surface area contributed by atoms with Gasteiger partial charge in [-0.25, -0.2) is 9.13 Å².